The first-order chi connectivity index (χ1) is 22.4. The Kier molecular flexibility index (Phi) is 9.60. The lowest BCUT2D eigenvalue weighted by Crippen LogP contribution is -2.32. The van der Waals surface area contributed by atoms with Gasteiger partial charge in [-0.25, -0.2) is 9.31 Å². The number of ether oxygens (including phenoxy) is 1. The molecule has 0 unspecified atom stereocenters. The Labute approximate surface area is 267 Å². The Balaban J connectivity index is 1.28. The Morgan fingerprint density at radius 1 is 1.07 bits per heavy atom. The number of aromatic amines is 1. The summed E-state index contributed by atoms with van der Waals surface area (Å²) in [6, 6.07) is 15.7. The van der Waals surface area contributed by atoms with Crippen molar-refractivity contribution >= 4 is 5.78 Å². The number of rotatable bonds is 13. The molecule has 1 fully saturated rings. The van der Waals surface area contributed by atoms with E-state index in [0.717, 1.165) is 78.5 Å². The van der Waals surface area contributed by atoms with Crippen molar-refractivity contribution in [2.75, 3.05) is 0 Å². The molecule has 4 atom stereocenters. The molecule has 0 spiro atoms. The predicted octanol–water partition coefficient (Wildman–Crippen LogP) is 5.49. The van der Waals surface area contributed by atoms with Crippen LogP contribution in [0, 0.1) is 0 Å². The van der Waals surface area contributed by atoms with Crippen LogP contribution in [0.5, 0.6) is 0 Å². The lowest BCUT2D eigenvalue weighted by Gasteiger charge is -2.25. The van der Waals surface area contributed by atoms with Gasteiger partial charge in [-0.2, -0.15) is 10.1 Å². The lowest BCUT2D eigenvalue weighted by atomic mass is 9.96. The summed E-state index contributed by atoms with van der Waals surface area (Å²) in [5.41, 5.74) is 5.18. The van der Waals surface area contributed by atoms with E-state index in [1.165, 1.54) is 6.33 Å². The van der Waals surface area contributed by atoms with Crippen molar-refractivity contribution in [2.45, 2.75) is 103 Å². The first kappa shape index (κ1) is 31.6. The average Bonchev–Trinajstić information content (AvgIpc) is 3.83. The second kappa shape index (κ2) is 14.0. The molecule has 11 nitrogen and oxygen atoms in total. The molecule has 11 heteroatoms. The molecule has 1 aliphatic carbocycles. The fourth-order valence-corrected chi connectivity index (χ4v) is 6.68. The van der Waals surface area contributed by atoms with E-state index in [2.05, 4.69) is 41.0 Å². The minimum absolute atomic E-state index is 0.0248. The Bertz CT molecular complexity index is 1890. The van der Waals surface area contributed by atoms with E-state index in [1.807, 2.05) is 53.0 Å². The van der Waals surface area contributed by atoms with Gasteiger partial charge in [0.25, 0.3) is 5.56 Å². The van der Waals surface area contributed by atoms with Crippen LogP contribution in [0.25, 0.3) is 28.3 Å². The van der Waals surface area contributed by atoms with Crippen LogP contribution in [0.15, 0.2) is 69.0 Å². The van der Waals surface area contributed by atoms with Crippen molar-refractivity contribution in [3.8, 4) is 22.5 Å². The largest absolute Gasteiger partial charge is 0.439 e. The molecule has 0 radical (unpaired) electrons. The summed E-state index contributed by atoms with van der Waals surface area (Å²) in [6.07, 6.45) is 8.14. The standard InChI is InChI=1S/C35H42N6O5/c1-4-9-29-28(20-23-15-17-24(18-16-23)26-10-6-7-11-27(26)32-38-35(44)46-39-32)33(43)40(34-36-21-37-41(29)34)22(3)14-19-25(5-2)45-31-13-8-12-30(31)42/h6-7,10-11,15-18,21-22,25,30-31,42H,4-5,8-9,12-14,19-20H2,1-3H3,(H,38,39,44)/t22-,25-,30-,31+/m0/s1. The first-order valence-electron chi connectivity index (χ1n) is 16.4. The van der Waals surface area contributed by atoms with Gasteiger partial charge in [-0.05, 0) is 68.6 Å². The van der Waals surface area contributed by atoms with Crippen molar-refractivity contribution in [3.05, 3.63) is 92.6 Å². The molecule has 242 valence electrons. The van der Waals surface area contributed by atoms with Gasteiger partial charge in [0, 0.05) is 23.6 Å². The maximum atomic E-state index is 14.3. The summed E-state index contributed by atoms with van der Waals surface area (Å²) in [5.74, 6) is 0.329. The third kappa shape index (κ3) is 6.47. The van der Waals surface area contributed by atoms with Gasteiger partial charge in [0.15, 0.2) is 5.82 Å². The third-order valence-corrected chi connectivity index (χ3v) is 9.17. The number of aliphatic hydroxyl groups is 1. The van der Waals surface area contributed by atoms with Crippen molar-refractivity contribution in [3.63, 3.8) is 0 Å². The number of fused-ring (bicyclic) bond motifs is 1. The number of hydrogen-bond donors (Lipinski definition) is 2. The second-order valence-electron chi connectivity index (χ2n) is 12.3. The lowest BCUT2D eigenvalue weighted by molar-refractivity contribution is -0.0667. The molecule has 0 bridgehead atoms. The maximum Gasteiger partial charge on any atom is 0.439 e. The minimum atomic E-state index is -0.602. The summed E-state index contributed by atoms with van der Waals surface area (Å²) < 4.78 is 14.7. The van der Waals surface area contributed by atoms with Crippen LogP contribution in [0.2, 0.25) is 0 Å². The number of aromatic nitrogens is 6. The highest BCUT2D eigenvalue weighted by Gasteiger charge is 2.29. The molecular weight excluding hydrogens is 584 g/mol. The number of aliphatic hydroxyl groups excluding tert-OH is 1. The van der Waals surface area contributed by atoms with Crippen molar-refractivity contribution < 1.29 is 14.4 Å². The van der Waals surface area contributed by atoms with E-state index >= 15 is 0 Å². The molecule has 0 amide bonds. The van der Waals surface area contributed by atoms with Gasteiger partial charge in [0.2, 0.25) is 5.78 Å². The van der Waals surface area contributed by atoms with Gasteiger partial charge >= 0.3 is 5.76 Å². The Morgan fingerprint density at radius 3 is 2.52 bits per heavy atom. The number of benzene rings is 2. The molecule has 3 aromatic heterocycles. The van der Waals surface area contributed by atoms with Crippen molar-refractivity contribution in [1.82, 2.24) is 29.3 Å². The Morgan fingerprint density at radius 2 is 1.85 bits per heavy atom. The van der Waals surface area contributed by atoms with Crippen molar-refractivity contribution in [1.29, 1.82) is 0 Å². The van der Waals surface area contributed by atoms with Crippen LogP contribution >= 0.6 is 0 Å². The summed E-state index contributed by atoms with van der Waals surface area (Å²) in [7, 11) is 0. The summed E-state index contributed by atoms with van der Waals surface area (Å²) in [5, 5.41) is 18.7. The summed E-state index contributed by atoms with van der Waals surface area (Å²) in [6.45, 7) is 6.27. The molecule has 1 aliphatic rings. The molecule has 5 aromatic rings. The smallest absolute Gasteiger partial charge is 0.390 e. The summed E-state index contributed by atoms with van der Waals surface area (Å²) >= 11 is 0. The number of H-pyrrole nitrogens is 1. The highest BCUT2D eigenvalue weighted by Crippen LogP contribution is 2.31. The predicted molar refractivity (Wildman–Crippen MR) is 175 cm³/mol. The maximum absolute atomic E-state index is 14.3. The molecule has 2 aromatic carbocycles. The average molecular weight is 627 g/mol. The van der Waals surface area contributed by atoms with Gasteiger partial charge in [0.05, 0.1) is 24.0 Å². The molecule has 1 saturated carbocycles. The van der Waals surface area contributed by atoms with Crippen LogP contribution in [-0.2, 0) is 17.6 Å². The number of nitrogens with one attached hydrogen (secondary N) is 1. The van der Waals surface area contributed by atoms with E-state index in [9.17, 15) is 14.7 Å². The summed E-state index contributed by atoms with van der Waals surface area (Å²) in [4.78, 5) is 33.1. The highest BCUT2D eigenvalue weighted by molar-refractivity contribution is 5.80. The second-order valence-corrected chi connectivity index (χ2v) is 12.3. The molecule has 3 heterocycles. The molecule has 6 rings (SSSR count). The number of nitrogens with zero attached hydrogens (tertiary/aromatic N) is 5. The fourth-order valence-electron chi connectivity index (χ4n) is 6.68. The van der Waals surface area contributed by atoms with Crippen LogP contribution in [0.1, 0.15) is 88.6 Å². The Hall–Kier alpha value is -4.35. The van der Waals surface area contributed by atoms with Gasteiger partial charge in [-0.1, -0.05) is 74.0 Å². The van der Waals surface area contributed by atoms with E-state index in [0.29, 0.717) is 24.4 Å². The van der Waals surface area contributed by atoms with Gasteiger partial charge in [-0.15, -0.1) is 0 Å². The zero-order valence-electron chi connectivity index (χ0n) is 26.7. The molecule has 0 aliphatic heterocycles. The van der Waals surface area contributed by atoms with E-state index in [-0.39, 0.29) is 29.9 Å². The van der Waals surface area contributed by atoms with E-state index in [4.69, 9.17) is 9.26 Å². The van der Waals surface area contributed by atoms with Gasteiger partial charge in [0.1, 0.15) is 6.33 Å². The van der Waals surface area contributed by atoms with Crippen molar-refractivity contribution in [2.24, 2.45) is 0 Å². The quantitative estimate of drug-likeness (QED) is 0.175. The molecule has 2 N–H and O–H groups in total. The minimum Gasteiger partial charge on any atom is -0.390 e. The molecule has 46 heavy (non-hydrogen) atoms. The van der Waals surface area contributed by atoms with Gasteiger partial charge < -0.3 is 9.84 Å². The third-order valence-electron chi connectivity index (χ3n) is 9.17. The zero-order chi connectivity index (χ0) is 32.2. The van der Waals surface area contributed by atoms with Crippen LogP contribution in [-0.4, -0.2) is 52.7 Å². The highest BCUT2D eigenvalue weighted by atomic mass is 16.5. The SMILES string of the molecule is CCCc1c(Cc2ccc(-c3ccccc3-c3noc(=O)[nH]3)cc2)c(=O)n([C@@H](C)CC[C@H](CC)O[C@@H]2CCC[C@@H]2O)c2ncnn12. The molecular formula is C35H42N6O5. The van der Waals surface area contributed by atoms with Crippen LogP contribution < -0.4 is 11.3 Å². The van der Waals surface area contributed by atoms with E-state index in [1.54, 1.807) is 4.57 Å². The fraction of sp³-hybridized carbons (Fsp3) is 0.457. The number of hydrogen-bond acceptors (Lipinski definition) is 8. The first-order valence-corrected chi connectivity index (χ1v) is 16.4. The van der Waals surface area contributed by atoms with Gasteiger partial charge in [-0.3, -0.25) is 18.9 Å². The monoisotopic (exact) mass is 626 g/mol. The molecule has 0 saturated heterocycles. The van der Waals surface area contributed by atoms with Crippen LogP contribution in [0.3, 0.4) is 0 Å². The van der Waals surface area contributed by atoms with E-state index < -0.39 is 5.76 Å². The van der Waals surface area contributed by atoms with Crippen LogP contribution in [0.4, 0.5) is 0 Å². The normalized spacial score (nSPS) is 17.9. The number of aryl methyl sites for hydroxylation is 1. The zero-order valence-corrected chi connectivity index (χ0v) is 26.7. The topological polar surface area (TPSA) is 141 Å².